The van der Waals surface area contributed by atoms with E-state index < -0.39 is 101 Å². The van der Waals surface area contributed by atoms with E-state index in [1.807, 2.05) is 104 Å². The Morgan fingerprint density at radius 2 is 0.928 bits per heavy atom. The van der Waals surface area contributed by atoms with Gasteiger partial charge < -0.3 is 69.0 Å². The smallest absolute Gasteiger partial charge is 0.347 e. The van der Waals surface area contributed by atoms with E-state index in [1.54, 1.807) is 85.6 Å². The van der Waals surface area contributed by atoms with Crippen LogP contribution in [0, 0.1) is 34.5 Å². The number of hydrogen-bond acceptors (Lipinski definition) is 25. The van der Waals surface area contributed by atoms with Gasteiger partial charge in [0, 0.05) is 115 Å². The summed E-state index contributed by atoms with van der Waals surface area (Å²) in [6.45, 7) is 21.2. The molecule has 4 aliphatic heterocycles. The Labute approximate surface area is 740 Å². The number of halogens is 2. The van der Waals surface area contributed by atoms with Gasteiger partial charge in [0.15, 0.2) is 12.2 Å². The third-order valence-electron chi connectivity index (χ3n) is 21.9. The molecule has 34 heteroatoms. The van der Waals surface area contributed by atoms with Crippen LogP contribution in [0.3, 0.4) is 0 Å². The van der Waals surface area contributed by atoms with Crippen LogP contribution in [0.25, 0.3) is 0 Å². The topological polar surface area (TPSA) is 397 Å². The number of amides is 4. The number of carbonyl (C=O) groups excluding carboxylic acids is 9. The van der Waals surface area contributed by atoms with E-state index in [2.05, 4.69) is 63.8 Å². The molecule has 4 aliphatic rings. The van der Waals surface area contributed by atoms with Gasteiger partial charge in [0.05, 0.1) is 65.8 Å². The molecule has 6 heterocycles. The van der Waals surface area contributed by atoms with Crippen molar-refractivity contribution in [2.75, 3.05) is 48.5 Å². The number of carbonyl (C=O) groups is 10. The van der Waals surface area contributed by atoms with Gasteiger partial charge in [-0.3, -0.25) is 57.5 Å². The summed E-state index contributed by atoms with van der Waals surface area (Å²) in [5, 5.41) is 37.5. The van der Waals surface area contributed by atoms with Gasteiger partial charge in [0.2, 0.25) is 23.6 Å². The molecule has 0 unspecified atom stereocenters. The van der Waals surface area contributed by atoms with Gasteiger partial charge in [0.25, 0.3) is 0 Å². The maximum atomic E-state index is 13.9. The number of methoxy groups -OCH3 is 3. The number of carboxylic acid groups (broad SMARTS) is 1. The Kier molecular flexibility index (Phi) is 36.1. The summed E-state index contributed by atoms with van der Waals surface area (Å²) in [5.74, 6) is -5.66. The van der Waals surface area contributed by atoms with E-state index in [1.165, 1.54) is 33.5 Å². The number of aromatic nitrogens is 6. The fraction of sp³-hybridized carbons (Fsp3) is 0.538. The largest absolute Gasteiger partial charge is 0.495 e. The molecule has 0 spiro atoms. The van der Waals surface area contributed by atoms with Crippen LogP contribution in [0.2, 0.25) is 10.0 Å². The van der Waals surface area contributed by atoms with Crippen molar-refractivity contribution < 1.29 is 95.7 Å². The Morgan fingerprint density at radius 1 is 0.544 bits per heavy atom. The summed E-state index contributed by atoms with van der Waals surface area (Å²) in [4.78, 5) is 135. The van der Waals surface area contributed by atoms with Crippen LogP contribution < -0.4 is 30.7 Å². The molecule has 4 amide bonds. The number of nitrogens with one attached hydrogen (secondary N) is 4. The zero-order valence-corrected chi connectivity index (χ0v) is 75.4. The number of nitrogens with zero attached hydrogens (tertiary/aromatic N) is 8. The second-order valence-electron chi connectivity index (χ2n) is 34.7. The van der Waals surface area contributed by atoms with Gasteiger partial charge in [-0.1, -0.05) is 148 Å². The molecule has 678 valence electrons. The normalized spacial score (nSPS) is 23.1. The molecule has 5 N–H and O–H groups in total. The number of aliphatic carboxylic acids is 1. The van der Waals surface area contributed by atoms with Crippen molar-refractivity contribution in [1.29, 1.82) is 0 Å². The molecule has 2 saturated heterocycles. The molecule has 0 saturated carbocycles. The summed E-state index contributed by atoms with van der Waals surface area (Å²) in [6, 6.07) is 24.4. The zero-order chi connectivity index (χ0) is 91.0. The van der Waals surface area contributed by atoms with E-state index in [9.17, 15) is 47.9 Å². The summed E-state index contributed by atoms with van der Waals surface area (Å²) in [7, 11) is 8.36. The minimum atomic E-state index is -1.24. The third kappa shape index (κ3) is 30.3. The van der Waals surface area contributed by atoms with Crippen LogP contribution >= 0.6 is 23.2 Å². The van der Waals surface area contributed by atoms with Crippen molar-refractivity contribution in [3.8, 4) is 11.5 Å². The van der Waals surface area contributed by atoms with E-state index in [0.717, 1.165) is 33.6 Å². The monoisotopic (exact) mass is 1770 g/mol. The fourth-order valence-corrected chi connectivity index (χ4v) is 15.0. The Bertz CT molecular complexity index is 4740. The molecule has 0 aliphatic carbocycles. The molecule has 0 radical (unpaired) electrons. The number of benzene rings is 4. The van der Waals surface area contributed by atoms with Crippen molar-refractivity contribution in [2.24, 2.45) is 34.5 Å². The summed E-state index contributed by atoms with van der Waals surface area (Å²) in [6.07, 6.45) is 7.03. The van der Waals surface area contributed by atoms with E-state index in [-0.39, 0.29) is 112 Å². The molecule has 32 nitrogen and oxygen atoms in total. The Balaban J connectivity index is 0.000000283. The lowest BCUT2D eigenvalue weighted by atomic mass is 9.92. The van der Waals surface area contributed by atoms with Crippen LogP contribution in [-0.2, 0) is 133 Å². The van der Waals surface area contributed by atoms with Gasteiger partial charge in [-0.2, -0.15) is 0 Å². The van der Waals surface area contributed by atoms with Gasteiger partial charge in [0.1, 0.15) is 48.0 Å². The summed E-state index contributed by atoms with van der Waals surface area (Å²) in [5.41, 5.74) is 4.59. The molecule has 10 rings (SSSR count). The number of cyclic esters (lactones) is 4. The zero-order valence-electron chi connectivity index (χ0n) is 73.9. The van der Waals surface area contributed by atoms with Gasteiger partial charge in [-0.25, -0.2) is 9.59 Å². The van der Waals surface area contributed by atoms with Crippen molar-refractivity contribution >= 4 is 82.6 Å². The highest BCUT2D eigenvalue weighted by molar-refractivity contribution is 6.32. The van der Waals surface area contributed by atoms with Gasteiger partial charge in [-0.15, -0.1) is 10.2 Å². The highest BCUT2D eigenvalue weighted by atomic mass is 35.5. The van der Waals surface area contributed by atoms with E-state index in [0.29, 0.717) is 91.2 Å². The lowest BCUT2D eigenvalue weighted by Gasteiger charge is -2.29. The molecular weight excluding hydrogens is 1650 g/mol. The quantitative estimate of drug-likeness (QED) is 0.0149. The highest BCUT2D eigenvalue weighted by Gasteiger charge is 2.50. The first-order chi connectivity index (χ1) is 59.4. The first-order valence-corrected chi connectivity index (χ1v) is 43.0. The minimum Gasteiger partial charge on any atom is -0.495 e. The van der Waals surface area contributed by atoms with Crippen molar-refractivity contribution in [3.63, 3.8) is 0 Å². The fourth-order valence-electron chi connectivity index (χ4n) is 14.5. The number of carboxylic acids is 1. The standard InChI is InChI=1S/C46H61ClN6O10.C45H59ClN6O10/c1-28(2)21-38-44(57)61-36(11-9-12-39(54)49-35(23-31-16-19-37(59-7)34(47)22-31)43(56)48-27-46(4,5)45(58)62-38)29(3)41-42(63-41)32-17-14-30(15-18-32)24-52(6)25-33-26-53(51-50-33)20-10-13-40(55)60-8;1-27(2)20-37-43(57)60-35(10-8-11-38(53)48-34(22-30-15-18-36(59-7)33(46)21-30)42(56)47-26-45(4,5)44(58)61-37)28(3)40-41(62-40)31-16-13-29(14-17-31)23-51(6)24-32-25-52(50-49-32)19-9-12-39(54)55/h9,12,14-19,22,26,28-29,35-36,38,41-42H,10-11,13,20-21,23-25,27H2,1-8H3,(H,48,56)(H,49,54);8,11,13-18,21,25,27-28,34-35,37,40-41H,9-10,12,19-20,22-24,26H2,1-7H3,(H,47,56)(H,48,53)(H,54,55)/b12-9+;11-8+/t29-,35+,36-,38-,41+,42+;28-,34+,35-,37-,40+,41+/m00/s1. The predicted molar refractivity (Wildman–Crippen MR) is 462 cm³/mol. The van der Waals surface area contributed by atoms with Crippen molar-refractivity contribution in [1.82, 2.24) is 61.1 Å². The molecule has 0 bridgehead atoms. The Morgan fingerprint density at radius 3 is 1.29 bits per heavy atom. The van der Waals surface area contributed by atoms with Crippen LogP contribution in [0.1, 0.15) is 178 Å². The van der Waals surface area contributed by atoms with Crippen LogP contribution in [0.15, 0.2) is 122 Å². The van der Waals surface area contributed by atoms with Crippen molar-refractivity contribution in [3.05, 3.63) is 176 Å². The summed E-state index contributed by atoms with van der Waals surface area (Å²) >= 11 is 12.7. The SMILES string of the molecule is COC(=O)CCCn1cc(CN(C)Cc2ccc([C@H]3O[C@@H]3[C@@H](C)[C@@H]3C/C=C/C(=O)N[C@H](Cc4ccc(OC)c(Cl)c4)C(=O)NCC(C)(C)C(=O)O[C@@H](CC(C)C)C(=O)O3)cc2)nn1.COc1ccc(C[C@H]2NC(=O)/C=C/C[C@@H]([C@H](C)[C@H]3O[C@@H]3c3ccc(CN(C)Cc4cn(CCCC(=O)O)nn4)cc3)OC(=O)[C@H](CC(C)C)OC(=O)C(C)(C)CNC2=O)cc1Cl. The predicted octanol–water partition coefficient (Wildman–Crippen LogP) is 10.5. The minimum absolute atomic E-state index is 0.0135. The highest BCUT2D eigenvalue weighted by Crippen LogP contribution is 2.47. The van der Waals surface area contributed by atoms with Crippen LogP contribution in [-0.4, -0.2) is 202 Å². The molecule has 6 aromatic rings. The number of epoxide rings is 2. The number of rotatable bonds is 32. The van der Waals surface area contributed by atoms with Crippen LogP contribution in [0.5, 0.6) is 11.5 Å². The number of aryl methyl sites for hydroxylation is 2. The maximum Gasteiger partial charge on any atom is 0.347 e. The van der Waals surface area contributed by atoms with Gasteiger partial charge in [-0.05, 0) is 149 Å². The van der Waals surface area contributed by atoms with Crippen molar-refractivity contribution in [2.45, 2.75) is 234 Å². The lowest BCUT2D eigenvalue weighted by molar-refractivity contribution is -0.179. The number of hydrogen-bond donors (Lipinski definition) is 5. The average Bonchev–Trinajstić information content (AvgIpc) is 1.63. The van der Waals surface area contributed by atoms with E-state index >= 15 is 0 Å². The maximum absolute atomic E-state index is 13.9. The Hall–Kier alpha value is -10.6. The third-order valence-corrected chi connectivity index (χ3v) is 22.5. The van der Waals surface area contributed by atoms with E-state index in [4.69, 9.17) is 70.9 Å². The first kappa shape index (κ1) is 98.2. The molecule has 2 fully saturated rings. The molecule has 4 aromatic carbocycles. The second kappa shape index (κ2) is 46.0. The molecule has 2 aromatic heterocycles. The molecule has 125 heavy (non-hydrogen) atoms. The lowest BCUT2D eigenvalue weighted by Crippen LogP contribution is -2.51. The average molecular weight is 1770 g/mol. The first-order valence-electron chi connectivity index (χ1n) is 42.3. The number of ether oxygens (including phenoxy) is 9. The second-order valence-corrected chi connectivity index (χ2v) is 35.5. The summed E-state index contributed by atoms with van der Waals surface area (Å²) < 4.78 is 55.0. The molecular formula is C91H120Cl2N12O20. The number of esters is 5. The molecule has 12 atom stereocenters. The van der Waals surface area contributed by atoms with Crippen LogP contribution in [0.4, 0.5) is 0 Å². The van der Waals surface area contributed by atoms with Gasteiger partial charge >= 0.3 is 35.8 Å².